The number of alkyl carbamates (subject to hydrolysis) is 1. The van der Waals surface area contributed by atoms with Crippen LogP contribution in [0.4, 0.5) is 10.5 Å². The van der Waals surface area contributed by atoms with Crippen LogP contribution in [-0.4, -0.2) is 81.8 Å². The van der Waals surface area contributed by atoms with Crippen LogP contribution in [0, 0.1) is 18.8 Å². The molecule has 0 radical (unpaired) electrons. The highest BCUT2D eigenvalue weighted by Crippen LogP contribution is 2.30. The van der Waals surface area contributed by atoms with Crippen molar-refractivity contribution in [3.63, 3.8) is 0 Å². The van der Waals surface area contributed by atoms with Crippen LogP contribution >= 0.6 is 0 Å². The Morgan fingerprint density at radius 1 is 0.845 bits per heavy atom. The Morgan fingerprint density at radius 3 is 2.14 bits per heavy atom. The zero-order valence-electron chi connectivity index (χ0n) is 34.2. The molecule has 1 atom stereocenters. The lowest BCUT2D eigenvalue weighted by Gasteiger charge is -2.29. The third-order valence-electron chi connectivity index (χ3n) is 11.2. The van der Waals surface area contributed by atoms with Crippen LogP contribution in [0.2, 0.25) is 0 Å². The number of H-pyrrole nitrogens is 1. The highest BCUT2D eigenvalue weighted by Gasteiger charge is 2.30. The molecule has 0 bridgehead atoms. The van der Waals surface area contributed by atoms with Crippen molar-refractivity contribution in [2.45, 2.75) is 109 Å². The van der Waals surface area contributed by atoms with Crippen molar-refractivity contribution in [3.8, 4) is 22.5 Å². The number of tetrazole rings is 1. The first kappa shape index (κ1) is 42.0. The summed E-state index contributed by atoms with van der Waals surface area (Å²) in [6.45, 7) is 7.98. The highest BCUT2D eigenvalue weighted by atomic mass is 16.6. The molecule has 2 aliphatic carbocycles. The number of rotatable bonds is 13. The molecule has 6 rings (SSSR count). The molecule has 3 aromatic carbocycles. The Hall–Kier alpha value is -5.63. The molecule has 14 heteroatoms. The summed E-state index contributed by atoms with van der Waals surface area (Å²) in [6.07, 6.45) is 6.78. The topological polar surface area (TPSA) is 192 Å². The maximum Gasteiger partial charge on any atom is 0.407 e. The van der Waals surface area contributed by atoms with Crippen molar-refractivity contribution >= 4 is 29.5 Å². The van der Waals surface area contributed by atoms with E-state index in [1.54, 1.807) is 24.3 Å². The third kappa shape index (κ3) is 11.7. The van der Waals surface area contributed by atoms with Crippen molar-refractivity contribution in [3.05, 3.63) is 83.4 Å². The fourth-order valence-electron chi connectivity index (χ4n) is 7.87. The number of aromatic nitrogens is 4. The van der Waals surface area contributed by atoms with Crippen LogP contribution in [0.3, 0.4) is 0 Å². The van der Waals surface area contributed by atoms with Crippen LogP contribution in [0.15, 0.2) is 66.7 Å². The monoisotopic (exact) mass is 791 g/mol. The van der Waals surface area contributed by atoms with Gasteiger partial charge in [-0.05, 0) is 156 Å². The largest absolute Gasteiger partial charge is 0.444 e. The Labute approximate surface area is 340 Å². The van der Waals surface area contributed by atoms with E-state index in [4.69, 9.17) is 4.74 Å². The van der Waals surface area contributed by atoms with Gasteiger partial charge in [-0.3, -0.25) is 14.4 Å². The molecule has 0 aliphatic heterocycles. The van der Waals surface area contributed by atoms with Gasteiger partial charge in [0.1, 0.15) is 11.6 Å². The van der Waals surface area contributed by atoms with E-state index in [0.717, 1.165) is 66.3 Å². The lowest BCUT2D eigenvalue weighted by atomic mass is 9.81. The number of amides is 4. The number of carbonyl (C=O) groups is 4. The van der Waals surface area contributed by atoms with E-state index >= 15 is 0 Å². The maximum atomic E-state index is 13.9. The van der Waals surface area contributed by atoms with E-state index in [9.17, 15) is 19.2 Å². The van der Waals surface area contributed by atoms with Gasteiger partial charge in [0.15, 0.2) is 0 Å². The van der Waals surface area contributed by atoms with Gasteiger partial charge in [-0.2, -0.15) is 5.21 Å². The summed E-state index contributed by atoms with van der Waals surface area (Å²) in [4.78, 5) is 52.9. The second-order valence-corrected chi connectivity index (χ2v) is 16.7. The summed E-state index contributed by atoms with van der Waals surface area (Å²) in [5.74, 6) is -0.0966. The SMILES string of the molecule is CNC1CCC(NC(=O)c2ccc(-c3ccc(CC(NC(=O)C4CCC(CNC(=O)OC(C)(C)C)CC4)C(=O)Nc4ccc(-c5nn[nH]n5)cc4)cc3)c(C)c2)CC1. The number of ether oxygens (including phenoxy) is 1. The second kappa shape index (κ2) is 19.2. The molecule has 0 saturated heterocycles. The number of anilines is 1. The van der Waals surface area contributed by atoms with E-state index in [-0.39, 0.29) is 42.0 Å². The van der Waals surface area contributed by atoms with Crippen LogP contribution in [0.25, 0.3) is 22.5 Å². The lowest BCUT2D eigenvalue weighted by molar-refractivity contribution is -0.130. The quantitative estimate of drug-likeness (QED) is 0.0929. The number of hydrogen-bond donors (Lipinski definition) is 6. The van der Waals surface area contributed by atoms with Crippen LogP contribution < -0.4 is 26.6 Å². The Balaban J connectivity index is 1.09. The maximum absolute atomic E-state index is 13.9. The second-order valence-electron chi connectivity index (χ2n) is 16.7. The smallest absolute Gasteiger partial charge is 0.407 e. The van der Waals surface area contributed by atoms with Gasteiger partial charge in [0, 0.05) is 47.8 Å². The van der Waals surface area contributed by atoms with Gasteiger partial charge < -0.3 is 31.3 Å². The number of aryl methyl sites for hydroxylation is 1. The average molecular weight is 792 g/mol. The number of carbonyl (C=O) groups excluding carboxylic acids is 4. The van der Waals surface area contributed by atoms with Gasteiger partial charge in [0.25, 0.3) is 5.91 Å². The molecular formula is C44H57N9O5. The van der Waals surface area contributed by atoms with Crippen molar-refractivity contribution < 1.29 is 23.9 Å². The fraction of sp³-hybridized carbons (Fsp3) is 0.477. The van der Waals surface area contributed by atoms with E-state index in [2.05, 4.69) is 47.2 Å². The molecule has 14 nitrogen and oxygen atoms in total. The fourth-order valence-corrected chi connectivity index (χ4v) is 7.87. The number of aromatic amines is 1. The molecule has 1 heterocycles. The summed E-state index contributed by atoms with van der Waals surface area (Å²) in [6, 6.07) is 20.8. The van der Waals surface area contributed by atoms with Gasteiger partial charge in [-0.25, -0.2) is 4.79 Å². The van der Waals surface area contributed by atoms with Crippen molar-refractivity contribution in [2.75, 3.05) is 18.9 Å². The molecule has 4 amide bonds. The molecule has 2 aliphatic rings. The van der Waals surface area contributed by atoms with E-state index < -0.39 is 17.7 Å². The minimum Gasteiger partial charge on any atom is -0.444 e. The zero-order valence-corrected chi connectivity index (χ0v) is 34.2. The zero-order chi connectivity index (χ0) is 41.2. The Morgan fingerprint density at radius 2 is 1.52 bits per heavy atom. The molecule has 58 heavy (non-hydrogen) atoms. The summed E-state index contributed by atoms with van der Waals surface area (Å²) >= 11 is 0. The van der Waals surface area contributed by atoms with Gasteiger partial charge in [-0.15, -0.1) is 10.2 Å². The van der Waals surface area contributed by atoms with Crippen molar-refractivity contribution in [1.29, 1.82) is 0 Å². The van der Waals surface area contributed by atoms with Gasteiger partial charge >= 0.3 is 6.09 Å². The van der Waals surface area contributed by atoms with Crippen molar-refractivity contribution in [1.82, 2.24) is 41.9 Å². The first-order valence-electron chi connectivity index (χ1n) is 20.4. The third-order valence-corrected chi connectivity index (χ3v) is 11.2. The van der Waals surface area contributed by atoms with Crippen LogP contribution in [-0.2, 0) is 20.7 Å². The number of hydrogen-bond acceptors (Lipinski definition) is 9. The molecular weight excluding hydrogens is 735 g/mol. The van der Waals surface area contributed by atoms with E-state index in [1.165, 1.54) is 0 Å². The molecule has 1 unspecified atom stereocenters. The van der Waals surface area contributed by atoms with Crippen LogP contribution in [0.5, 0.6) is 0 Å². The molecule has 308 valence electrons. The van der Waals surface area contributed by atoms with Gasteiger partial charge in [-0.1, -0.05) is 30.3 Å². The predicted molar refractivity (Wildman–Crippen MR) is 223 cm³/mol. The normalized spacial score (nSPS) is 20.0. The minimum atomic E-state index is -0.838. The predicted octanol–water partition coefficient (Wildman–Crippen LogP) is 6.10. The van der Waals surface area contributed by atoms with Crippen LogP contribution in [0.1, 0.15) is 93.6 Å². The lowest BCUT2D eigenvalue weighted by Crippen LogP contribution is -2.48. The number of nitrogens with zero attached hydrogens (tertiary/aromatic N) is 3. The van der Waals surface area contributed by atoms with Crippen molar-refractivity contribution in [2.24, 2.45) is 11.8 Å². The van der Waals surface area contributed by atoms with Gasteiger partial charge in [0.05, 0.1) is 0 Å². The summed E-state index contributed by atoms with van der Waals surface area (Å²) in [7, 11) is 1.99. The molecule has 6 N–H and O–H groups in total. The molecule has 2 saturated carbocycles. The van der Waals surface area contributed by atoms with E-state index in [0.29, 0.717) is 42.5 Å². The summed E-state index contributed by atoms with van der Waals surface area (Å²) in [5, 5.41) is 29.5. The molecule has 4 aromatic rings. The number of benzene rings is 3. The van der Waals surface area contributed by atoms with E-state index in [1.807, 2.05) is 77.2 Å². The minimum absolute atomic E-state index is 0.0459. The van der Waals surface area contributed by atoms with Gasteiger partial charge in [0.2, 0.25) is 17.6 Å². The summed E-state index contributed by atoms with van der Waals surface area (Å²) in [5.41, 5.74) is 5.27. The highest BCUT2D eigenvalue weighted by molar-refractivity contribution is 5.98. The first-order valence-corrected chi connectivity index (χ1v) is 20.4. The standard InChI is InChI=1S/C44H57N9O5/c1-27-24-33(41(55)47-36-21-19-34(45-5)20-22-36)16-23-37(27)30-10-6-28(7-11-30)25-38(42(56)48-35-17-14-31(15-18-35)39-50-52-53-51-39)49-40(54)32-12-8-29(9-13-32)26-46-43(57)58-44(2,3)4/h6-7,10-11,14-18,23-24,29,32,34,36,38,45H,8-9,12-13,19-22,25-26H2,1-5H3,(H,46,57)(H,47,55)(H,48,56)(H,49,54)(H,50,51,52,53). The molecule has 0 spiro atoms. The summed E-state index contributed by atoms with van der Waals surface area (Å²) < 4.78 is 5.36. The Kier molecular flexibility index (Phi) is 13.9. The Bertz CT molecular complexity index is 2000. The average Bonchev–Trinajstić information content (AvgIpc) is 3.76. The molecule has 1 aromatic heterocycles. The number of nitrogens with one attached hydrogen (secondary N) is 6. The first-order chi connectivity index (χ1) is 27.8. The molecule has 2 fully saturated rings.